The average Bonchev–Trinajstić information content (AvgIpc) is 2.60. The number of carbonyl (C=O) groups is 3. The topological polar surface area (TPSA) is 95.9 Å². The fourth-order valence-corrected chi connectivity index (χ4v) is 2.46. The number of phenols is 1. The van der Waals surface area contributed by atoms with Gasteiger partial charge in [0.05, 0.1) is 12.8 Å². The molecule has 0 aromatic heterocycles. The number of phenolic OH excluding ortho intramolecular Hbond substituents is 1. The summed E-state index contributed by atoms with van der Waals surface area (Å²) in [5.74, 6) is -2.35. The molecule has 132 valence electrons. The molecule has 1 heterocycles. The van der Waals surface area contributed by atoms with Crippen molar-refractivity contribution < 1.29 is 28.6 Å². The van der Waals surface area contributed by atoms with E-state index in [1.165, 1.54) is 49.6 Å². The Kier molecular flexibility index (Phi) is 4.40. The molecule has 2 aromatic carbocycles. The second-order valence-electron chi connectivity index (χ2n) is 5.37. The number of amides is 4. The zero-order valence-corrected chi connectivity index (χ0v) is 13.5. The Bertz CT molecular complexity index is 954. The van der Waals surface area contributed by atoms with E-state index in [1.54, 1.807) is 0 Å². The number of barbiturate groups is 1. The lowest BCUT2D eigenvalue weighted by Crippen LogP contribution is -2.54. The summed E-state index contributed by atoms with van der Waals surface area (Å²) in [7, 11) is 1.36. The quantitative estimate of drug-likeness (QED) is 0.649. The molecular weight excluding hydrogens is 343 g/mol. The van der Waals surface area contributed by atoms with Gasteiger partial charge in [0.15, 0.2) is 11.5 Å². The zero-order chi connectivity index (χ0) is 18.8. The van der Waals surface area contributed by atoms with Crippen molar-refractivity contribution in [1.29, 1.82) is 0 Å². The number of rotatable bonds is 3. The van der Waals surface area contributed by atoms with E-state index in [1.807, 2.05) is 5.32 Å². The van der Waals surface area contributed by atoms with E-state index in [9.17, 15) is 23.9 Å². The minimum atomic E-state index is -0.967. The normalized spacial score (nSPS) is 16.0. The number of halogens is 1. The lowest BCUT2D eigenvalue weighted by atomic mass is 10.1. The van der Waals surface area contributed by atoms with E-state index in [0.29, 0.717) is 10.5 Å². The molecule has 1 saturated heterocycles. The van der Waals surface area contributed by atoms with Crippen LogP contribution >= 0.6 is 0 Å². The second kappa shape index (κ2) is 6.67. The summed E-state index contributed by atoms with van der Waals surface area (Å²) in [6.45, 7) is 0. The van der Waals surface area contributed by atoms with Gasteiger partial charge in [0.25, 0.3) is 11.8 Å². The van der Waals surface area contributed by atoms with E-state index in [4.69, 9.17) is 4.74 Å². The molecule has 2 N–H and O–H groups in total. The molecule has 2 aromatic rings. The third kappa shape index (κ3) is 3.12. The van der Waals surface area contributed by atoms with Crippen molar-refractivity contribution in [3.8, 4) is 11.5 Å². The largest absolute Gasteiger partial charge is 0.504 e. The van der Waals surface area contributed by atoms with Crippen LogP contribution in [-0.2, 0) is 9.59 Å². The number of nitrogens with zero attached hydrogens (tertiary/aromatic N) is 1. The fourth-order valence-electron chi connectivity index (χ4n) is 2.46. The average molecular weight is 356 g/mol. The van der Waals surface area contributed by atoms with Gasteiger partial charge in [-0.3, -0.25) is 14.9 Å². The molecular formula is C18H13FN2O5. The molecule has 1 fully saturated rings. The highest BCUT2D eigenvalue weighted by molar-refractivity contribution is 6.39. The van der Waals surface area contributed by atoms with E-state index in [2.05, 4.69) is 0 Å². The summed E-state index contributed by atoms with van der Waals surface area (Å²) in [6, 6.07) is 8.15. The van der Waals surface area contributed by atoms with Gasteiger partial charge in [-0.15, -0.1) is 0 Å². The van der Waals surface area contributed by atoms with Crippen molar-refractivity contribution >= 4 is 29.6 Å². The van der Waals surface area contributed by atoms with Crippen molar-refractivity contribution in [3.05, 3.63) is 59.4 Å². The van der Waals surface area contributed by atoms with Crippen molar-refractivity contribution in [2.45, 2.75) is 0 Å². The number of methoxy groups -OCH3 is 1. The first-order valence-corrected chi connectivity index (χ1v) is 7.44. The van der Waals surface area contributed by atoms with Crippen LogP contribution in [0.3, 0.4) is 0 Å². The van der Waals surface area contributed by atoms with Crippen LogP contribution in [0.25, 0.3) is 6.08 Å². The van der Waals surface area contributed by atoms with Gasteiger partial charge in [-0.1, -0.05) is 12.1 Å². The number of anilines is 1. The molecule has 26 heavy (non-hydrogen) atoms. The number of aromatic hydroxyl groups is 1. The van der Waals surface area contributed by atoms with Crippen molar-refractivity contribution in [2.24, 2.45) is 0 Å². The van der Waals surface area contributed by atoms with Crippen molar-refractivity contribution in [2.75, 3.05) is 12.0 Å². The van der Waals surface area contributed by atoms with Gasteiger partial charge in [-0.25, -0.2) is 14.1 Å². The van der Waals surface area contributed by atoms with Crippen LogP contribution in [0.1, 0.15) is 5.56 Å². The lowest BCUT2D eigenvalue weighted by molar-refractivity contribution is -0.122. The highest BCUT2D eigenvalue weighted by atomic mass is 19.1. The number of hydrogen-bond donors (Lipinski definition) is 2. The number of imide groups is 2. The van der Waals surface area contributed by atoms with E-state index in [0.717, 1.165) is 6.07 Å². The summed E-state index contributed by atoms with van der Waals surface area (Å²) in [5.41, 5.74) is 0.0717. The fraction of sp³-hybridized carbons (Fsp3) is 0.0556. The van der Waals surface area contributed by atoms with Crippen LogP contribution in [0.2, 0.25) is 0 Å². The minimum Gasteiger partial charge on any atom is -0.504 e. The molecule has 7 nitrogen and oxygen atoms in total. The predicted octanol–water partition coefficient (Wildman–Crippen LogP) is 2.21. The SMILES string of the molecule is COc1cc(/C=C2\C(=O)NC(=O)N(c3cccc(F)c3)C2=O)ccc1O. The number of ether oxygens (including phenoxy) is 1. The highest BCUT2D eigenvalue weighted by Gasteiger charge is 2.36. The Balaban J connectivity index is 2.03. The number of benzene rings is 2. The summed E-state index contributed by atoms with van der Waals surface area (Å²) in [4.78, 5) is 37.5. The molecule has 0 bridgehead atoms. The molecule has 3 rings (SSSR count). The van der Waals surface area contributed by atoms with Gasteiger partial charge in [0.2, 0.25) is 0 Å². The van der Waals surface area contributed by atoms with Gasteiger partial charge in [-0.2, -0.15) is 0 Å². The number of hydrogen-bond acceptors (Lipinski definition) is 5. The second-order valence-corrected chi connectivity index (χ2v) is 5.37. The number of urea groups is 1. The maximum Gasteiger partial charge on any atom is 0.335 e. The maximum atomic E-state index is 13.4. The Labute approximate surface area is 147 Å². The van der Waals surface area contributed by atoms with Gasteiger partial charge >= 0.3 is 6.03 Å². The summed E-state index contributed by atoms with van der Waals surface area (Å²) >= 11 is 0. The van der Waals surface area contributed by atoms with Crippen molar-refractivity contribution in [1.82, 2.24) is 5.32 Å². The third-order valence-corrected chi connectivity index (χ3v) is 3.68. The molecule has 0 saturated carbocycles. The number of nitrogens with one attached hydrogen (secondary N) is 1. The monoisotopic (exact) mass is 356 g/mol. The lowest BCUT2D eigenvalue weighted by Gasteiger charge is -2.26. The standard InChI is InChI=1S/C18H13FN2O5/c1-26-15-8-10(5-6-14(15)22)7-13-16(23)20-18(25)21(17(13)24)12-4-2-3-11(19)9-12/h2-9,22H,1H3,(H,20,23,25)/b13-7+. The van der Waals surface area contributed by atoms with Gasteiger partial charge in [0, 0.05) is 0 Å². The molecule has 4 amide bonds. The number of carbonyl (C=O) groups excluding carboxylic acids is 3. The third-order valence-electron chi connectivity index (χ3n) is 3.68. The van der Waals surface area contributed by atoms with Gasteiger partial charge < -0.3 is 9.84 Å². The first-order valence-electron chi connectivity index (χ1n) is 7.44. The highest BCUT2D eigenvalue weighted by Crippen LogP contribution is 2.28. The smallest absolute Gasteiger partial charge is 0.335 e. The Morgan fingerprint density at radius 1 is 1.15 bits per heavy atom. The van der Waals surface area contributed by atoms with Crippen LogP contribution in [-0.4, -0.2) is 30.1 Å². The van der Waals surface area contributed by atoms with Crippen LogP contribution in [0.4, 0.5) is 14.9 Å². The Hall–Kier alpha value is -3.68. The molecule has 0 unspecified atom stereocenters. The summed E-state index contributed by atoms with van der Waals surface area (Å²) in [5, 5.41) is 11.7. The molecule has 0 spiro atoms. The molecule has 8 heteroatoms. The molecule has 0 aliphatic carbocycles. The maximum absolute atomic E-state index is 13.4. The Morgan fingerprint density at radius 3 is 2.62 bits per heavy atom. The summed E-state index contributed by atoms with van der Waals surface area (Å²) in [6.07, 6.45) is 1.25. The zero-order valence-electron chi connectivity index (χ0n) is 13.5. The molecule has 1 aliphatic rings. The minimum absolute atomic E-state index is 0.00538. The van der Waals surface area contributed by atoms with Crippen LogP contribution in [0.15, 0.2) is 48.0 Å². The van der Waals surface area contributed by atoms with Gasteiger partial charge in [0.1, 0.15) is 11.4 Å². The van der Waals surface area contributed by atoms with Crippen LogP contribution in [0.5, 0.6) is 11.5 Å². The van der Waals surface area contributed by atoms with E-state index >= 15 is 0 Å². The summed E-state index contributed by atoms with van der Waals surface area (Å²) < 4.78 is 18.4. The molecule has 0 atom stereocenters. The molecule has 1 aliphatic heterocycles. The van der Waals surface area contributed by atoms with Crippen molar-refractivity contribution in [3.63, 3.8) is 0 Å². The van der Waals surface area contributed by atoms with Gasteiger partial charge in [-0.05, 0) is 42.0 Å². The Morgan fingerprint density at radius 2 is 1.92 bits per heavy atom. The molecule has 0 radical (unpaired) electrons. The first kappa shape index (κ1) is 17.2. The predicted molar refractivity (Wildman–Crippen MR) is 90.1 cm³/mol. The van der Waals surface area contributed by atoms with E-state index in [-0.39, 0.29) is 22.8 Å². The first-order chi connectivity index (χ1) is 12.4. The van der Waals surface area contributed by atoms with Crippen LogP contribution < -0.4 is 15.0 Å². The van der Waals surface area contributed by atoms with E-state index < -0.39 is 23.7 Å². The van der Waals surface area contributed by atoms with Crippen LogP contribution in [0, 0.1) is 5.82 Å².